The van der Waals surface area contributed by atoms with Crippen LogP contribution in [0.15, 0.2) is 17.5 Å². The van der Waals surface area contributed by atoms with E-state index in [1.54, 1.807) is 11.3 Å². The third-order valence-corrected chi connectivity index (χ3v) is 5.14. The van der Waals surface area contributed by atoms with Gasteiger partial charge in [-0.05, 0) is 30.8 Å². The molecule has 0 bridgehead atoms. The molecule has 0 aliphatic carbocycles. The van der Waals surface area contributed by atoms with Gasteiger partial charge in [0.05, 0.1) is 6.26 Å². The van der Waals surface area contributed by atoms with Crippen molar-refractivity contribution >= 4 is 27.3 Å². The van der Waals surface area contributed by atoms with Crippen LogP contribution in [0.5, 0.6) is 0 Å². The number of carbonyl (C=O) groups excluding carboxylic acids is 1. The summed E-state index contributed by atoms with van der Waals surface area (Å²) in [6, 6.07) is 4.33. The Morgan fingerprint density at radius 3 is 3.00 bits per heavy atom. The van der Waals surface area contributed by atoms with Crippen LogP contribution >= 0.6 is 11.3 Å². The maximum Gasteiger partial charge on any atom is 0.221 e. The largest absolute Gasteiger partial charge is 0.352 e. The van der Waals surface area contributed by atoms with Crippen molar-refractivity contribution in [2.24, 2.45) is 0 Å². The second-order valence-electron chi connectivity index (χ2n) is 5.64. The van der Waals surface area contributed by atoms with Gasteiger partial charge in [-0.1, -0.05) is 6.07 Å². The molecule has 1 saturated heterocycles. The Balaban J connectivity index is 1.71. The van der Waals surface area contributed by atoms with E-state index in [4.69, 9.17) is 0 Å². The zero-order valence-electron chi connectivity index (χ0n) is 12.7. The zero-order chi connectivity index (χ0) is 16.0. The average Bonchev–Trinajstić information content (AvgIpc) is 2.90. The second kappa shape index (κ2) is 8.05. The molecule has 0 aromatic carbocycles. The summed E-state index contributed by atoms with van der Waals surface area (Å²) in [5.41, 5.74) is 0. The van der Waals surface area contributed by atoms with Gasteiger partial charge in [-0.25, -0.2) is 13.1 Å². The van der Waals surface area contributed by atoms with Crippen molar-refractivity contribution in [2.45, 2.75) is 31.8 Å². The monoisotopic (exact) mass is 345 g/mol. The molecule has 1 atom stereocenters. The summed E-state index contributed by atoms with van der Waals surface area (Å²) in [6.07, 6.45) is 3.31. The number of carbonyl (C=O) groups is 1. The molecular weight excluding hydrogens is 322 g/mol. The Bertz CT molecular complexity index is 572. The molecule has 1 aliphatic heterocycles. The van der Waals surface area contributed by atoms with E-state index < -0.39 is 10.0 Å². The Morgan fingerprint density at radius 1 is 1.50 bits per heavy atom. The van der Waals surface area contributed by atoms with Crippen molar-refractivity contribution in [3.05, 3.63) is 22.4 Å². The zero-order valence-corrected chi connectivity index (χ0v) is 14.4. The van der Waals surface area contributed by atoms with Crippen LogP contribution in [0, 0.1) is 0 Å². The topological polar surface area (TPSA) is 78.5 Å². The highest BCUT2D eigenvalue weighted by molar-refractivity contribution is 7.88. The van der Waals surface area contributed by atoms with Gasteiger partial charge >= 0.3 is 0 Å². The molecule has 1 unspecified atom stereocenters. The quantitative estimate of drug-likeness (QED) is 0.765. The molecule has 0 saturated carbocycles. The van der Waals surface area contributed by atoms with E-state index in [2.05, 4.69) is 32.5 Å². The van der Waals surface area contributed by atoms with Crippen LogP contribution in [0.25, 0.3) is 0 Å². The second-order valence-corrected chi connectivity index (χ2v) is 8.50. The minimum absolute atomic E-state index is 0.0980. The van der Waals surface area contributed by atoms with Gasteiger partial charge in [0.1, 0.15) is 0 Å². The number of amides is 1. The van der Waals surface area contributed by atoms with E-state index in [1.807, 2.05) is 0 Å². The number of thiophene rings is 1. The lowest BCUT2D eigenvalue weighted by Gasteiger charge is -2.32. The summed E-state index contributed by atoms with van der Waals surface area (Å²) in [6.45, 7) is 2.99. The Labute approximate surface area is 135 Å². The number of nitrogens with zero attached hydrogens (tertiary/aromatic N) is 1. The number of nitrogens with one attached hydrogen (secondary N) is 2. The number of hydrogen-bond donors (Lipinski definition) is 2. The number of likely N-dealkylation sites (tertiary alicyclic amines) is 1. The molecular formula is C14H23N3O3S2. The fraction of sp³-hybridized carbons (Fsp3) is 0.643. The van der Waals surface area contributed by atoms with Gasteiger partial charge in [-0.3, -0.25) is 9.69 Å². The summed E-state index contributed by atoms with van der Waals surface area (Å²) >= 11 is 1.75. The molecule has 0 spiro atoms. The SMILES string of the molecule is CS(=O)(=O)NCCC(=O)NC1CCCN(Cc2cccs2)C1. The number of hydrogen-bond acceptors (Lipinski definition) is 5. The summed E-state index contributed by atoms with van der Waals surface area (Å²) < 4.78 is 24.2. The van der Waals surface area contributed by atoms with Gasteiger partial charge in [-0.15, -0.1) is 11.3 Å². The van der Waals surface area contributed by atoms with Crippen LogP contribution in [0.4, 0.5) is 0 Å². The molecule has 6 nitrogen and oxygen atoms in total. The highest BCUT2D eigenvalue weighted by atomic mass is 32.2. The van der Waals surface area contributed by atoms with Gasteiger partial charge in [0, 0.05) is 37.0 Å². The van der Waals surface area contributed by atoms with E-state index in [0.717, 1.165) is 38.7 Å². The molecule has 2 rings (SSSR count). The van der Waals surface area contributed by atoms with E-state index in [-0.39, 0.29) is 24.9 Å². The van der Waals surface area contributed by atoms with E-state index in [0.29, 0.717) is 0 Å². The normalized spacial score (nSPS) is 20.0. The highest BCUT2D eigenvalue weighted by Crippen LogP contribution is 2.16. The van der Waals surface area contributed by atoms with Crippen molar-refractivity contribution in [1.29, 1.82) is 0 Å². The predicted octanol–water partition coefficient (Wildman–Crippen LogP) is 0.768. The van der Waals surface area contributed by atoms with Gasteiger partial charge < -0.3 is 5.32 Å². The number of piperidine rings is 1. The smallest absolute Gasteiger partial charge is 0.221 e. The lowest BCUT2D eigenvalue weighted by molar-refractivity contribution is -0.122. The van der Waals surface area contributed by atoms with Gasteiger partial charge in [0.25, 0.3) is 0 Å². The van der Waals surface area contributed by atoms with E-state index in [9.17, 15) is 13.2 Å². The summed E-state index contributed by atoms with van der Waals surface area (Å²) in [4.78, 5) is 15.6. The standard InChI is InChI=1S/C14H23N3O3S2/c1-22(19,20)15-7-6-14(18)16-12-4-2-8-17(10-12)11-13-5-3-9-21-13/h3,5,9,12,15H,2,4,6-8,10-11H2,1H3,(H,16,18). The molecule has 1 amide bonds. The minimum Gasteiger partial charge on any atom is -0.352 e. The summed E-state index contributed by atoms with van der Waals surface area (Å²) in [5.74, 6) is -0.0980. The third-order valence-electron chi connectivity index (χ3n) is 3.55. The van der Waals surface area contributed by atoms with Crippen molar-refractivity contribution in [2.75, 3.05) is 25.9 Å². The van der Waals surface area contributed by atoms with Crippen molar-refractivity contribution in [3.63, 3.8) is 0 Å². The third kappa shape index (κ3) is 6.43. The van der Waals surface area contributed by atoms with Crippen molar-refractivity contribution < 1.29 is 13.2 Å². The van der Waals surface area contributed by atoms with Gasteiger partial charge in [0.15, 0.2) is 0 Å². The van der Waals surface area contributed by atoms with Gasteiger partial charge in [0.2, 0.25) is 15.9 Å². The van der Waals surface area contributed by atoms with Gasteiger partial charge in [-0.2, -0.15) is 0 Å². The lowest BCUT2D eigenvalue weighted by atomic mass is 10.1. The summed E-state index contributed by atoms with van der Waals surface area (Å²) in [5, 5.41) is 5.08. The Kier molecular flexibility index (Phi) is 6.37. The van der Waals surface area contributed by atoms with Crippen molar-refractivity contribution in [1.82, 2.24) is 14.9 Å². The first-order valence-corrected chi connectivity index (χ1v) is 10.2. The van der Waals surface area contributed by atoms with E-state index in [1.165, 1.54) is 4.88 Å². The van der Waals surface area contributed by atoms with Crippen LogP contribution in [-0.4, -0.2) is 51.2 Å². The number of rotatable bonds is 7. The van der Waals surface area contributed by atoms with E-state index >= 15 is 0 Å². The lowest BCUT2D eigenvalue weighted by Crippen LogP contribution is -2.47. The predicted molar refractivity (Wildman–Crippen MR) is 88.2 cm³/mol. The first-order valence-electron chi connectivity index (χ1n) is 7.41. The molecule has 8 heteroatoms. The van der Waals surface area contributed by atoms with Crippen LogP contribution in [0.1, 0.15) is 24.1 Å². The molecule has 0 radical (unpaired) electrons. The Hall–Kier alpha value is -0.960. The molecule has 1 aliphatic rings. The molecule has 22 heavy (non-hydrogen) atoms. The van der Waals surface area contributed by atoms with Crippen LogP contribution in [0.3, 0.4) is 0 Å². The van der Waals surface area contributed by atoms with Crippen LogP contribution in [0.2, 0.25) is 0 Å². The molecule has 1 fully saturated rings. The summed E-state index contributed by atoms with van der Waals surface area (Å²) in [7, 11) is -3.23. The molecule has 1 aromatic heterocycles. The fourth-order valence-corrected chi connectivity index (χ4v) is 3.81. The fourth-order valence-electron chi connectivity index (χ4n) is 2.59. The molecule has 2 N–H and O–H groups in total. The maximum atomic E-state index is 11.9. The maximum absolute atomic E-state index is 11.9. The highest BCUT2D eigenvalue weighted by Gasteiger charge is 2.21. The molecule has 2 heterocycles. The van der Waals surface area contributed by atoms with Crippen LogP contribution in [-0.2, 0) is 21.4 Å². The van der Waals surface area contributed by atoms with Crippen molar-refractivity contribution in [3.8, 4) is 0 Å². The Morgan fingerprint density at radius 2 is 2.32 bits per heavy atom. The molecule has 124 valence electrons. The van der Waals surface area contributed by atoms with Crippen LogP contribution < -0.4 is 10.0 Å². The molecule has 1 aromatic rings. The average molecular weight is 345 g/mol. The first kappa shape index (κ1) is 17.4. The number of sulfonamides is 1. The minimum atomic E-state index is -3.23. The first-order chi connectivity index (χ1) is 10.4.